The van der Waals surface area contributed by atoms with E-state index in [1.165, 1.54) is 5.71 Å². The highest BCUT2D eigenvalue weighted by molar-refractivity contribution is 7.14. The van der Waals surface area contributed by atoms with Crippen LogP contribution in [0.5, 0.6) is 0 Å². The second-order valence-electron chi connectivity index (χ2n) is 4.44. The zero-order valence-electron chi connectivity index (χ0n) is 11.7. The molecule has 0 radical (unpaired) electrons. The maximum Gasteiger partial charge on any atom is 0.203 e. The maximum atomic E-state index is 5.89. The van der Waals surface area contributed by atoms with E-state index in [0.717, 1.165) is 40.7 Å². The molecule has 20 heavy (non-hydrogen) atoms. The lowest BCUT2D eigenvalue weighted by Crippen LogP contribution is -2.00. The first kappa shape index (κ1) is 15.0. The van der Waals surface area contributed by atoms with E-state index in [9.17, 15) is 0 Å². The van der Waals surface area contributed by atoms with Gasteiger partial charge in [0.15, 0.2) is 0 Å². The summed E-state index contributed by atoms with van der Waals surface area (Å²) < 4.78 is 0. The van der Waals surface area contributed by atoms with E-state index in [1.807, 2.05) is 29.6 Å². The lowest BCUT2D eigenvalue weighted by Gasteiger charge is -2.01. The Morgan fingerprint density at radius 2 is 2.05 bits per heavy atom. The molecule has 0 aliphatic heterocycles. The SMILES string of the molecule is CCC/C(CC)=N/Nc1nc(-c2ccc(Cl)cc2)cs1. The number of halogens is 1. The molecule has 0 saturated carbocycles. The van der Waals surface area contributed by atoms with Crippen LogP contribution in [0.4, 0.5) is 5.13 Å². The number of hydrogen-bond donors (Lipinski definition) is 1. The number of hydrazone groups is 1. The van der Waals surface area contributed by atoms with E-state index >= 15 is 0 Å². The summed E-state index contributed by atoms with van der Waals surface area (Å²) in [7, 11) is 0. The smallest absolute Gasteiger partial charge is 0.203 e. The highest BCUT2D eigenvalue weighted by Crippen LogP contribution is 2.26. The van der Waals surface area contributed by atoms with Crippen molar-refractivity contribution in [2.45, 2.75) is 33.1 Å². The Hall–Kier alpha value is -1.39. The first-order valence-electron chi connectivity index (χ1n) is 6.75. The van der Waals surface area contributed by atoms with Gasteiger partial charge in [0.05, 0.1) is 5.69 Å². The molecule has 0 spiro atoms. The summed E-state index contributed by atoms with van der Waals surface area (Å²) in [6.45, 7) is 4.28. The van der Waals surface area contributed by atoms with Crippen molar-refractivity contribution in [3.05, 3.63) is 34.7 Å². The summed E-state index contributed by atoms with van der Waals surface area (Å²) >= 11 is 7.44. The van der Waals surface area contributed by atoms with Crippen LogP contribution in [0, 0.1) is 0 Å². The van der Waals surface area contributed by atoms with Crippen molar-refractivity contribution in [3.8, 4) is 11.3 Å². The number of nitrogens with zero attached hydrogens (tertiary/aromatic N) is 2. The number of benzene rings is 1. The summed E-state index contributed by atoms with van der Waals surface area (Å²) in [5.41, 5.74) is 6.23. The first-order chi connectivity index (χ1) is 9.72. The van der Waals surface area contributed by atoms with Crippen LogP contribution in [0.25, 0.3) is 11.3 Å². The molecule has 1 heterocycles. The van der Waals surface area contributed by atoms with Gasteiger partial charge in [0.1, 0.15) is 0 Å². The highest BCUT2D eigenvalue weighted by atomic mass is 35.5. The lowest BCUT2D eigenvalue weighted by molar-refractivity contribution is 0.960. The zero-order valence-corrected chi connectivity index (χ0v) is 13.3. The predicted octanol–water partition coefficient (Wildman–Crippen LogP) is 5.44. The van der Waals surface area contributed by atoms with Crippen molar-refractivity contribution in [2.75, 3.05) is 5.43 Å². The standard InChI is InChI=1S/C15H18ClN3S/c1-3-5-13(4-2)18-19-15-17-14(10-20-15)11-6-8-12(16)9-7-11/h6-10H,3-5H2,1-2H3,(H,17,19)/b18-13+. The third kappa shape index (κ3) is 4.05. The van der Waals surface area contributed by atoms with E-state index in [2.05, 4.69) is 29.4 Å². The molecule has 1 N–H and O–H groups in total. The molecule has 0 aliphatic rings. The van der Waals surface area contributed by atoms with Crippen LogP contribution >= 0.6 is 22.9 Å². The largest absolute Gasteiger partial charge is 0.253 e. The fraction of sp³-hybridized carbons (Fsp3) is 0.333. The van der Waals surface area contributed by atoms with Gasteiger partial charge < -0.3 is 0 Å². The quantitative estimate of drug-likeness (QED) is 0.570. The molecular formula is C15H18ClN3S. The van der Waals surface area contributed by atoms with Gasteiger partial charge in [0, 0.05) is 21.7 Å². The molecule has 0 aliphatic carbocycles. The lowest BCUT2D eigenvalue weighted by atomic mass is 10.2. The van der Waals surface area contributed by atoms with E-state index in [4.69, 9.17) is 11.6 Å². The van der Waals surface area contributed by atoms with Crippen molar-refractivity contribution in [3.63, 3.8) is 0 Å². The summed E-state index contributed by atoms with van der Waals surface area (Å²) in [5.74, 6) is 0. The Morgan fingerprint density at radius 3 is 2.70 bits per heavy atom. The fourth-order valence-electron chi connectivity index (χ4n) is 1.81. The summed E-state index contributed by atoms with van der Waals surface area (Å²) in [6.07, 6.45) is 3.11. The van der Waals surface area contributed by atoms with Gasteiger partial charge in [-0.1, -0.05) is 44.0 Å². The third-order valence-electron chi connectivity index (χ3n) is 2.90. The topological polar surface area (TPSA) is 37.3 Å². The van der Waals surface area contributed by atoms with Gasteiger partial charge >= 0.3 is 0 Å². The molecule has 3 nitrogen and oxygen atoms in total. The van der Waals surface area contributed by atoms with Crippen molar-refractivity contribution in [2.24, 2.45) is 5.10 Å². The van der Waals surface area contributed by atoms with Gasteiger partial charge in [-0.3, -0.25) is 5.43 Å². The number of rotatable bonds is 6. The molecule has 2 rings (SSSR count). The first-order valence-corrected chi connectivity index (χ1v) is 8.01. The summed E-state index contributed by atoms with van der Waals surface area (Å²) in [4.78, 5) is 4.53. The van der Waals surface area contributed by atoms with Crippen LogP contribution in [0.15, 0.2) is 34.7 Å². The van der Waals surface area contributed by atoms with Crippen molar-refractivity contribution < 1.29 is 0 Å². The molecule has 0 saturated heterocycles. The fourth-order valence-corrected chi connectivity index (χ4v) is 2.59. The minimum Gasteiger partial charge on any atom is -0.253 e. The molecule has 2 aromatic rings. The van der Waals surface area contributed by atoms with Crippen molar-refractivity contribution >= 4 is 33.8 Å². The second-order valence-corrected chi connectivity index (χ2v) is 5.73. The average Bonchev–Trinajstić information content (AvgIpc) is 2.93. The van der Waals surface area contributed by atoms with Gasteiger partial charge in [-0.2, -0.15) is 5.10 Å². The molecule has 0 unspecified atom stereocenters. The van der Waals surface area contributed by atoms with E-state index in [-0.39, 0.29) is 0 Å². The molecule has 0 fully saturated rings. The number of anilines is 1. The molecule has 106 valence electrons. The van der Waals surface area contributed by atoms with E-state index in [1.54, 1.807) is 11.3 Å². The van der Waals surface area contributed by atoms with Crippen molar-refractivity contribution in [1.82, 2.24) is 4.98 Å². The Kier molecular flexibility index (Phi) is 5.56. The normalized spacial score (nSPS) is 11.7. The Labute approximate surface area is 128 Å². The molecule has 1 aromatic carbocycles. The van der Waals surface area contributed by atoms with Gasteiger partial charge in [-0.15, -0.1) is 11.3 Å². The van der Waals surface area contributed by atoms with E-state index < -0.39 is 0 Å². The minimum absolute atomic E-state index is 0.735. The van der Waals surface area contributed by atoms with Crippen LogP contribution in [0.2, 0.25) is 5.02 Å². The molecule has 0 amide bonds. The molecule has 1 aromatic heterocycles. The van der Waals surface area contributed by atoms with Gasteiger partial charge in [-0.05, 0) is 25.0 Å². The molecule has 0 bridgehead atoms. The van der Waals surface area contributed by atoms with Crippen LogP contribution < -0.4 is 5.43 Å². The monoisotopic (exact) mass is 307 g/mol. The number of aromatic nitrogens is 1. The van der Waals surface area contributed by atoms with Crippen LogP contribution in [-0.2, 0) is 0 Å². The number of hydrogen-bond acceptors (Lipinski definition) is 4. The minimum atomic E-state index is 0.735. The average molecular weight is 308 g/mol. The van der Waals surface area contributed by atoms with Crippen LogP contribution in [0.3, 0.4) is 0 Å². The van der Waals surface area contributed by atoms with Crippen LogP contribution in [-0.4, -0.2) is 10.7 Å². The summed E-state index contributed by atoms with van der Waals surface area (Å²) in [5, 5.41) is 7.99. The maximum absolute atomic E-state index is 5.89. The Bertz CT molecular complexity index is 575. The van der Waals surface area contributed by atoms with Crippen molar-refractivity contribution in [1.29, 1.82) is 0 Å². The van der Waals surface area contributed by atoms with Crippen LogP contribution in [0.1, 0.15) is 33.1 Å². The number of thiazole rings is 1. The Morgan fingerprint density at radius 1 is 1.30 bits per heavy atom. The number of nitrogens with one attached hydrogen (secondary N) is 1. The van der Waals surface area contributed by atoms with Gasteiger partial charge in [0.2, 0.25) is 5.13 Å². The Balaban J connectivity index is 2.07. The molecule has 5 heteroatoms. The van der Waals surface area contributed by atoms with E-state index in [0.29, 0.717) is 0 Å². The van der Waals surface area contributed by atoms with Gasteiger partial charge in [-0.25, -0.2) is 4.98 Å². The predicted molar refractivity (Wildman–Crippen MR) is 88.8 cm³/mol. The highest BCUT2D eigenvalue weighted by Gasteiger charge is 2.04. The zero-order chi connectivity index (χ0) is 14.4. The second kappa shape index (κ2) is 7.41. The summed E-state index contributed by atoms with van der Waals surface area (Å²) in [6, 6.07) is 7.69. The third-order valence-corrected chi connectivity index (χ3v) is 3.90. The van der Waals surface area contributed by atoms with Gasteiger partial charge in [0.25, 0.3) is 0 Å². The molecule has 0 atom stereocenters. The molecular weight excluding hydrogens is 290 g/mol.